The van der Waals surface area contributed by atoms with Gasteiger partial charge < -0.3 is 9.72 Å². The molecular weight excluding hydrogens is 314 g/mol. The van der Waals surface area contributed by atoms with Gasteiger partial charge in [-0.3, -0.25) is 0 Å². The molecule has 2 rings (SSSR count). The number of nitrogens with one attached hydrogen (secondary N) is 1. The second kappa shape index (κ2) is 6.05. The van der Waals surface area contributed by atoms with Crippen molar-refractivity contribution >= 4 is 21.6 Å². The predicted molar refractivity (Wildman–Crippen MR) is 81.1 cm³/mol. The van der Waals surface area contributed by atoms with E-state index in [1.165, 1.54) is 20.2 Å². The summed E-state index contributed by atoms with van der Waals surface area (Å²) >= 11 is 6.32. The molecule has 0 amide bonds. The Balaban J connectivity index is 2.71. The molecule has 6 nitrogen and oxygen atoms in total. The quantitative estimate of drug-likeness (QED) is 0.913. The van der Waals surface area contributed by atoms with Crippen LogP contribution in [0, 0.1) is 0 Å². The van der Waals surface area contributed by atoms with Crippen molar-refractivity contribution in [3.63, 3.8) is 0 Å². The molecule has 0 saturated heterocycles. The summed E-state index contributed by atoms with van der Waals surface area (Å²) < 4.78 is 31.3. The summed E-state index contributed by atoms with van der Waals surface area (Å²) in [7, 11) is -0.743. The van der Waals surface area contributed by atoms with Gasteiger partial charge in [0.15, 0.2) is 0 Å². The summed E-state index contributed by atoms with van der Waals surface area (Å²) in [5.41, 5.74) is 0.437. The summed E-state index contributed by atoms with van der Waals surface area (Å²) in [6.45, 7) is 2.27. The van der Waals surface area contributed by atoms with E-state index in [-0.39, 0.29) is 9.92 Å². The number of H-pyrrole nitrogens is 1. The van der Waals surface area contributed by atoms with Crippen LogP contribution >= 0.6 is 11.6 Å². The number of nitrogens with zero attached hydrogens (tertiary/aromatic N) is 2. The molecule has 0 fully saturated rings. The van der Waals surface area contributed by atoms with Gasteiger partial charge in [-0.15, -0.1) is 0 Å². The van der Waals surface area contributed by atoms with Crippen LogP contribution in [-0.2, 0) is 10.0 Å². The lowest BCUT2D eigenvalue weighted by molar-refractivity contribution is 0.341. The van der Waals surface area contributed by atoms with E-state index in [4.69, 9.17) is 16.3 Å². The first-order valence-corrected chi connectivity index (χ1v) is 8.09. The van der Waals surface area contributed by atoms with Crippen molar-refractivity contribution in [2.45, 2.75) is 11.8 Å². The van der Waals surface area contributed by atoms with Crippen molar-refractivity contribution in [3.8, 4) is 17.1 Å². The van der Waals surface area contributed by atoms with Crippen LogP contribution in [0.3, 0.4) is 0 Å². The lowest BCUT2D eigenvalue weighted by Crippen LogP contribution is -2.22. The van der Waals surface area contributed by atoms with Crippen molar-refractivity contribution in [2.75, 3.05) is 20.7 Å². The van der Waals surface area contributed by atoms with Gasteiger partial charge in [-0.1, -0.05) is 11.6 Å². The molecule has 0 atom stereocenters. The molecule has 1 aromatic heterocycles. The maximum Gasteiger partial charge on any atom is 0.244 e. The Morgan fingerprint density at radius 2 is 2.10 bits per heavy atom. The molecule has 0 bridgehead atoms. The number of hydrogen-bond acceptors (Lipinski definition) is 4. The first-order valence-electron chi connectivity index (χ1n) is 6.27. The minimum absolute atomic E-state index is 0.0176. The Morgan fingerprint density at radius 1 is 1.38 bits per heavy atom. The molecule has 1 aromatic carbocycles. The van der Waals surface area contributed by atoms with Crippen LogP contribution in [0.25, 0.3) is 11.4 Å². The third kappa shape index (κ3) is 2.90. The number of sulfonamides is 1. The zero-order valence-electron chi connectivity index (χ0n) is 11.9. The van der Waals surface area contributed by atoms with Gasteiger partial charge in [0.25, 0.3) is 0 Å². The Hall–Kier alpha value is -1.57. The average molecular weight is 330 g/mol. The minimum atomic E-state index is -3.65. The number of halogens is 1. The molecular formula is C13H16ClN3O3S. The summed E-state index contributed by atoms with van der Waals surface area (Å²) in [4.78, 5) is 7.06. The third-order valence-electron chi connectivity index (χ3n) is 2.86. The van der Waals surface area contributed by atoms with Crippen LogP contribution in [0.4, 0.5) is 0 Å². The minimum Gasteiger partial charge on any atom is -0.493 e. The van der Waals surface area contributed by atoms with Crippen LogP contribution in [0.5, 0.6) is 5.75 Å². The molecule has 0 radical (unpaired) electrons. The topological polar surface area (TPSA) is 75.3 Å². The second-order valence-electron chi connectivity index (χ2n) is 4.41. The van der Waals surface area contributed by atoms with E-state index in [0.29, 0.717) is 23.7 Å². The number of benzene rings is 1. The van der Waals surface area contributed by atoms with E-state index in [0.717, 1.165) is 4.31 Å². The van der Waals surface area contributed by atoms with Crippen molar-refractivity contribution in [2.24, 2.45) is 0 Å². The highest BCUT2D eigenvalue weighted by Gasteiger charge is 2.26. The average Bonchev–Trinajstić information content (AvgIpc) is 2.92. The number of hydrogen-bond donors (Lipinski definition) is 1. The second-order valence-corrected chi connectivity index (χ2v) is 6.91. The first-order chi connectivity index (χ1) is 9.89. The highest BCUT2D eigenvalue weighted by Crippen LogP contribution is 2.39. The molecule has 0 saturated carbocycles. The smallest absolute Gasteiger partial charge is 0.244 e. The normalized spacial score (nSPS) is 11.9. The Kier molecular flexibility index (Phi) is 4.55. The summed E-state index contributed by atoms with van der Waals surface area (Å²) in [5.74, 6) is 0.939. The predicted octanol–water partition coefficient (Wildman–Crippen LogP) is 2.38. The maximum atomic E-state index is 12.3. The molecule has 114 valence electrons. The van der Waals surface area contributed by atoms with Gasteiger partial charge in [0, 0.05) is 26.5 Å². The molecule has 1 heterocycles. The van der Waals surface area contributed by atoms with E-state index < -0.39 is 10.0 Å². The van der Waals surface area contributed by atoms with Crippen molar-refractivity contribution in [1.29, 1.82) is 0 Å². The molecule has 0 spiro atoms. The molecule has 0 unspecified atom stereocenters. The molecule has 0 aliphatic heterocycles. The highest BCUT2D eigenvalue weighted by atomic mass is 35.5. The zero-order valence-corrected chi connectivity index (χ0v) is 13.5. The Bertz CT molecular complexity index is 727. The highest BCUT2D eigenvalue weighted by molar-refractivity contribution is 7.89. The van der Waals surface area contributed by atoms with Gasteiger partial charge in [0.1, 0.15) is 16.5 Å². The van der Waals surface area contributed by atoms with Crippen LogP contribution < -0.4 is 4.74 Å². The lowest BCUT2D eigenvalue weighted by atomic mass is 10.2. The van der Waals surface area contributed by atoms with Crippen molar-refractivity contribution in [1.82, 2.24) is 14.3 Å². The number of rotatable bonds is 5. The fraction of sp³-hybridized carbons (Fsp3) is 0.308. The van der Waals surface area contributed by atoms with Gasteiger partial charge in [0.05, 0.1) is 17.2 Å². The van der Waals surface area contributed by atoms with E-state index in [1.807, 2.05) is 6.92 Å². The number of aromatic amines is 1. The molecule has 1 N–H and O–H groups in total. The molecule has 2 aromatic rings. The van der Waals surface area contributed by atoms with E-state index >= 15 is 0 Å². The Labute approximate surface area is 128 Å². The third-order valence-corrected chi connectivity index (χ3v) is 5.22. The number of imidazole rings is 1. The number of ether oxygens (including phenoxy) is 1. The molecule has 0 aliphatic carbocycles. The fourth-order valence-corrected chi connectivity index (χ4v) is 3.33. The Morgan fingerprint density at radius 3 is 2.62 bits per heavy atom. The van der Waals surface area contributed by atoms with E-state index in [1.54, 1.807) is 18.5 Å². The van der Waals surface area contributed by atoms with Gasteiger partial charge in [-0.2, -0.15) is 0 Å². The lowest BCUT2D eigenvalue weighted by Gasteiger charge is -2.16. The maximum absolute atomic E-state index is 12.3. The first kappa shape index (κ1) is 15.8. The van der Waals surface area contributed by atoms with E-state index in [9.17, 15) is 8.42 Å². The summed E-state index contributed by atoms with van der Waals surface area (Å²) in [6.07, 6.45) is 3.20. The monoisotopic (exact) mass is 329 g/mol. The molecule has 21 heavy (non-hydrogen) atoms. The van der Waals surface area contributed by atoms with Gasteiger partial charge in [0.2, 0.25) is 10.0 Å². The van der Waals surface area contributed by atoms with Crippen LogP contribution in [0.15, 0.2) is 29.4 Å². The fourth-order valence-electron chi connectivity index (χ4n) is 1.83. The van der Waals surface area contributed by atoms with Crippen molar-refractivity contribution < 1.29 is 13.2 Å². The van der Waals surface area contributed by atoms with Gasteiger partial charge in [-0.25, -0.2) is 17.7 Å². The van der Waals surface area contributed by atoms with Gasteiger partial charge in [-0.05, 0) is 19.1 Å². The van der Waals surface area contributed by atoms with Crippen LogP contribution in [-0.4, -0.2) is 43.4 Å². The van der Waals surface area contributed by atoms with Crippen molar-refractivity contribution in [3.05, 3.63) is 29.5 Å². The summed E-state index contributed by atoms with van der Waals surface area (Å²) in [5, 5.41) is 0.0876. The number of aromatic nitrogens is 2. The van der Waals surface area contributed by atoms with Crippen LogP contribution in [0.2, 0.25) is 5.02 Å². The SMILES string of the molecule is CCOc1ccc(S(=O)(=O)N(C)C)c(Cl)c1-c1ncc[nH]1. The standard InChI is InChI=1S/C13H16ClN3O3S/c1-4-20-9-5-6-10(21(18,19)17(2)3)12(14)11(9)13-15-7-8-16-13/h5-8H,4H2,1-3H3,(H,15,16). The molecule has 0 aliphatic rings. The molecule has 8 heteroatoms. The van der Waals surface area contributed by atoms with E-state index in [2.05, 4.69) is 9.97 Å². The van der Waals surface area contributed by atoms with Crippen LogP contribution in [0.1, 0.15) is 6.92 Å². The largest absolute Gasteiger partial charge is 0.493 e. The summed E-state index contributed by atoms with van der Waals surface area (Å²) in [6, 6.07) is 3.03. The van der Waals surface area contributed by atoms with Gasteiger partial charge >= 0.3 is 0 Å². The zero-order chi connectivity index (χ0) is 15.6.